The number of anilines is 1. The molecule has 2 aliphatic rings. The average Bonchev–Trinajstić information content (AvgIpc) is 3.37. The maximum absolute atomic E-state index is 12.7. The molecule has 16 heteroatoms. The number of likely N-dealkylation sites (tertiary alicyclic amines) is 1. The van der Waals surface area contributed by atoms with Crippen LogP contribution in [0.4, 0.5) is 5.13 Å². The van der Waals surface area contributed by atoms with Crippen molar-refractivity contribution in [3.05, 3.63) is 11.1 Å². The number of aromatic nitrogens is 1. The maximum atomic E-state index is 12.7. The molecule has 2 aliphatic heterocycles. The number of hydrogen-bond donors (Lipinski definition) is 3. The van der Waals surface area contributed by atoms with Crippen molar-refractivity contribution in [3.8, 4) is 0 Å². The Hall–Kier alpha value is -2.01. The first-order chi connectivity index (χ1) is 14.6. The van der Waals surface area contributed by atoms with Crippen molar-refractivity contribution in [1.29, 1.82) is 0 Å². The second-order valence-corrected chi connectivity index (χ2v) is 10.4. The summed E-state index contributed by atoms with van der Waals surface area (Å²) < 4.78 is 33.6. The van der Waals surface area contributed by atoms with Crippen molar-refractivity contribution in [1.82, 2.24) is 19.5 Å². The Bertz CT molecular complexity index is 1010. The van der Waals surface area contributed by atoms with Gasteiger partial charge in [-0.2, -0.15) is 8.42 Å². The molecule has 0 bridgehead atoms. The van der Waals surface area contributed by atoms with Gasteiger partial charge in [-0.3, -0.25) is 14.1 Å². The summed E-state index contributed by atoms with van der Waals surface area (Å²) in [6.07, 6.45) is 2.03. The number of nitrogen functional groups attached to an aromatic ring is 1. The summed E-state index contributed by atoms with van der Waals surface area (Å²) in [5, 5.41) is 7.76. The molecule has 2 fully saturated rings. The molecule has 31 heavy (non-hydrogen) atoms. The minimum atomic E-state index is -4.80. The quantitative estimate of drug-likeness (QED) is 0.145. The van der Waals surface area contributed by atoms with Crippen molar-refractivity contribution >= 4 is 72.6 Å². The highest BCUT2D eigenvalue weighted by Gasteiger charge is 2.54. The monoisotopic (exact) mass is 508 g/mol. The summed E-state index contributed by atoms with van der Waals surface area (Å²) in [6.45, 7) is 1.62. The fourth-order valence-electron chi connectivity index (χ4n) is 3.17. The topological polar surface area (TPSA) is 168 Å². The lowest BCUT2D eigenvalue weighted by molar-refractivity contribution is -0.143. The first kappa shape index (κ1) is 23.6. The van der Waals surface area contributed by atoms with Crippen LogP contribution in [0.25, 0.3) is 0 Å². The number of nitrogens with zero attached hydrogens (tertiary/aromatic N) is 4. The lowest BCUT2D eigenvalue weighted by Crippen LogP contribution is -2.73. The van der Waals surface area contributed by atoms with E-state index in [1.807, 2.05) is 4.90 Å². The first-order valence-corrected chi connectivity index (χ1v) is 12.7. The van der Waals surface area contributed by atoms with Crippen molar-refractivity contribution in [2.24, 2.45) is 5.16 Å². The Morgan fingerprint density at radius 1 is 1.52 bits per heavy atom. The summed E-state index contributed by atoms with van der Waals surface area (Å²) >= 11 is 7.63. The minimum absolute atomic E-state index is 0.0617. The number of β-lactam (4-membered cyclic amide) rings is 1. The van der Waals surface area contributed by atoms with Gasteiger partial charge in [0.15, 0.2) is 10.8 Å². The highest BCUT2D eigenvalue weighted by atomic mass is 32.2. The molecule has 0 spiro atoms. The van der Waals surface area contributed by atoms with Crippen LogP contribution in [0.2, 0.25) is 0 Å². The molecule has 2 atom stereocenters. The van der Waals surface area contributed by atoms with Crippen LogP contribution in [0.5, 0.6) is 0 Å². The summed E-state index contributed by atoms with van der Waals surface area (Å²) in [5.74, 6) is -1.72. The Labute approximate surface area is 192 Å². The van der Waals surface area contributed by atoms with Crippen molar-refractivity contribution < 1.29 is 27.4 Å². The molecule has 1 aromatic rings. The molecular formula is C15H20N6O6S4. The fourth-order valence-corrected chi connectivity index (χ4v) is 6.10. The zero-order valence-corrected chi connectivity index (χ0v) is 19.5. The van der Waals surface area contributed by atoms with E-state index in [0.29, 0.717) is 8.63 Å². The van der Waals surface area contributed by atoms with E-state index in [1.54, 1.807) is 0 Å². The van der Waals surface area contributed by atoms with Gasteiger partial charge in [-0.1, -0.05) is 29.1 Å². The van der Waals surface area contributed by atoms with Crippen molar-refractivity contribution in [2.75, 3.05) is 31.7 Å². The number of thiazole rings is 1. The smallest absolute Gasteiger partial charge is 0.362 e. The van der Waals surface area contributed by atoms with E-state index >= 15 is 0 Å². The van der Waals surface area contributed by atoms with Gasteiger partial charge in [0.05, 0.1) is 6.04 Å². The summed E-state index contributed by atoms with van der Waals surface area (Å²) in [4.78, 5) is 35.7. The van der Waals surface area contributed by atoms with Gasteiger partial charge in [-0.05, 0) is 12.8 Å². The second kappa shape index (κ2) is 9.64. The van der Waals surface area contributed by atoms with Gasteiger partial charge in [-0.25, -0.2) is 9.29 Å². The molecule has 2 saturated heterocycles. The molecule has 3 rings (SSSR count). The Morgan fingerprint density at radius 3 is 2.74 bits per heavy atom. The lowest BCUT2D eigenvalue weighted by atomic mass is 10.0. The van der Waals surface area contributed by atoms with E-state index in [-0.39, 0.29) is 22.3 Å². The number of nitrogens with one attached hydrogen (secondary N) is 1. The predicted molar refractivity (Wildman–Crippen MR) is 120 cm³/mol. The predicted octanol–water partition coefficient (Wildman–Crippen LogP) is -0.312. The molecule has 0 aliphatic carbocycles. The fraction of sp³-hybridized carbons (Fsp3) is 0.533. The van der Waals surface area contributed by atoms with Crippen LogP contribution in [0.3, 0.4) is 0 Å². The zero-order valence-electron chi connectivity index (χ0n) is 16.3. The van der Waals surface area contributed by atoms with E-state index < -0.39 is 34.2 Å². The third-order valence-corrected chi connectivity index (χ3v) is 7.86. The number of carbonyl (C=O) groups excluding carboxylic acids is 2. The van der Waals surface area contributed by atoms with E-state index in [9.17, 15) is 22.6 Å². The average molecular weight is 509 g/mol. The molecule has 2 amide bonds. The van der Waals surface area contributed by atoms with Gasteiger partial charge in [0, 0.05) is 24.2 Å². The lowest BCUT2D eigenvalue weighted by Gasteiger charge is -2.44. The molecule has 170 valence electrons. The number of rotatable bonds is 7. The van der Waals surface area contributed by atoms with Gasteiger partial charge < -0.3 is 20.8 Å². The Kier molecular flexibility index (Phi) is 7.35. The number of thioether (sulfide) groups is 1. The highest BCUT2D eigenvalue weighted by Crippen LogP contribution is 2.28. The van der Waals surface area contributed by atoms with Crippen LogP contribution in [0.15, 0.2) is 10.5 Å². The number of amides is 2. The van der Waals surface area contributed by atoms with Crippen LogP contribution in [-0.4, -0.2) is 87.0 Å². The second-order valence-electron chi connectivity index (χ2n) is 6.59. The third-order valence-electron chi connectivity index (χ3n) is 4.61. The molecule has 0 aromatic carbocycles. The Morgan fingerprint density at radius 2 is 2.19 bits per heavy atom. The van der Waals surface area contributed by atoms with Crippen LogP contribution >= 0.6 is 35.3 Å². The number of carbonyl (C=O) groups is 2. The summed E-state index contributed by atoms with van der Waals surface area (Å²) in [6, 6.07) is -2.23. The van der Waals surface area contributed by atoms with Crippen molar-refractivity contribution in [3.63, 3.8) is 0 Å². The van der Waals surface area contributed by atoms with E-state index in [0.717, 1.165) is 37.3 Å². The van der Waals surface area contributed by atoms with Gasteiger partial charge >= 0.3 is 10.3 Å². The van der Waals surface area contributed by atoms with Gasteiger partial charge in [-0.15, -0.1) is 11.3 Å². The third kappa shape index (κ3) is 5.25. The van der Waals surface area contributed by atoms with Crippen LogP contribution < -0.4 is 11.1 Å². The van der Waals surface area contributed by atoms with E-state index in [4.69, 9.17) is 18.0 Å². The highest BCUT2D eigenvalue weighted by molar-refractivity contribution is 8.22. The van der Waals surface area contributed by atoms with Crippen molar-refractivity contribution in [2.45, 2.75) is 24.9 Å². The SMILES string of the molecule is CO/N=C(/C(=O)N[C@@H]1C(=O)N(S(=O)(=O)O)[C@@H]1CSC(=S)N1CCCC1)c1csc(N)n1. The molecule has 12 nitrogen and oxygen atoms in total. The van der Waals surface area contributed by atoms with Crippen LogP contribution in [0, 0.1) is 0 Å². The maximum Gasteiger partial charge on any atom is 0.362 e. The molecule has 0 unspecified atom stereocenters. The summed E-state index contributed by atoms with van der Waals surface area (Å²) in [7, 11) is -3.57. The number of oxime groups is 1. The molecular weight excluding hydrogens is 488 g/mol. The first-order valence-electron chi connectivity index (χ1n) is 8.99. The molecule has 3 heterocycles. The van der Waals surface area contributed by atoms with Gasteiger partial charge in [0.2, 0.25) is 0 Å². The Balaban J connectivity index is 1.74. The molecule has 1 aromatic heterocycles. The van der Waals surface area contributed by atoms with Crippen LogP contribution in [0.1, 0.15) is 18.5 Å². The normalized spacial score (nSPS) is 21.7. The standard InChI is InChI=1S/C15H20N6O6S4/c1-27-19-10(8-6-29-14(16)17-8)12(22)18-11-9(21(13(11)23)31(24,25)26)7-30-15(28)20-4-2-3-5-20/h6,9,11H,2-5,7H2,1H3,(H2,16,17)(H,18,22)(H,24,25,26)/b19-10+/t9-,11+/m1/s1. The van der Waals surface area contributed by atoms with E-state index in [2.05, 4.69) is 20.3 Å². The van der Waals surface area contributed by atoms with Gasteiger partial charge in [0.25, 0.3) is 11.8 Å². The summed E-state index contributed by atoms with van der Waals surface area (Å²) in [5.41, 5.74) is 5.50. The molecule has 4 N–H and O–H groups in total. The number of thiocarbonyl (C=S) groups is 1. The van der Waals surface area contributed by atoms with Crippen LogP contribution in [-0.2, 0) is 24.7 Å². The van der Waals surface area contributed by atoms with E-state index in [1.165, 1.54) is 24.3 Å². The van der Waals surface area contributed by atoms with Gasteiger partial charge in [0.1, 0.15) is 23.2 Å². The zero-order chi connectivity index (χ0) is 22.8. The number of nitrogens with two attached hydrogens (primary N) is 1. The minimum Gasteiger partial charge on any atom is -0.398 e. The molecule has 0 radical (unpaired) electrons. The number of hydrogen-bond acceptors (Lipinski definition) is 11. The largest absolute Gasteiger partial charge is 0.398 e. The molecule has 0 saturated carbocycles.